The fourth-order valence-electron chi connectivity index (χ4n) is 2.34. The number of para-hydroxylation sites is 1. The smallest absolute Gasteiger partial charge is 0.236 e. The SMILES string of the molecule is CCCC(=O)Nc1cccc(SCC(=O)Nc2nc3ccccc3s2)c1. The van der Waals surface area contributed by atoms with Crippen LogP contribution in [0.15, 0.2) is 53.4 Å². The lowest BCUT2D eigenvalue weighted by molar-refractivity contribution is -0.116. The Bertz CT molecular complexity index is 891. The molecule has 2 N–H and O–H groups in total. The van der Waals surface area contributed by atoms with Crippen LogP contribution in [0.25, 0.3) is 10.2 Å². The Labute approximate surface area is 160 Å². The maximum absolute atomic E-state index is 12.2. The normalized spacial score (nSPS) is 10.7. The van der Waals surface area contributed by atoms with Crippen molar-refractivity contribution in [1.29, 1.82) is 0 Å². The number of thiazole rings is 1. The second-order valence-electron chi connectivity index (χ2n) is 5.65. The van der Waals surface area contributed by atoms with E-state index in [4.69, 9.17) is 0 Å². The fourth-order valence-corrected chi connectivity index (χ4v) is 3.98. The second-order valence-corrected chi connectivity index (χ2v) is 7.73. The van der Waals surface area contributed by atoms with E-state index in [1.165, 1.54) is 23.1 Å². The largest absolute Gasteiger partial charge is 0.326 e. The fraction of sp³-hybridized carbons (Fsp3) is 0.211. The van der Waals surface area contributed by atoms with Crippen LogP contribution in [0.3, 0.4) is 0 Å². The molecule has 1 heterocycles. The van der Waals surface area contributed by atoms with E-state index in [2.05, 4.69) is 15.6 Å². The number of benzene rings is 2. The molecule has 0 atom stereocenters. The number of hydrogen-bond donors (Lipinski definition) is 2. The molecule has 1 aromatic heterocycles. The van der Waals surface area contributed by atoms with Gasteiger partial charge in [-0.25, -0.2) is 4.98 Å². The van der Waals surface area contributed by atoms with Crippen molar-refractivity contribution in [3.8, 4) is 0 Å². The molecule has 2 aromatic carbocycles. The minimum absolute atomic E-state index is 0.00299. The Kier molecular flexibility index (Phi) is 6.25. The van der Waals surface area contributed by atoms with Gasteiger partial charge >= 0.3 is 0 Å². The molecule has 0 bridgehead atoms. The van der Waals surface area contributed by atoms with Gasteiger partial charge in [0, 0.05) is 17.0 Å². The van der Waals surface area contributed by atoms with Crippen LogP contribution < -0.4 is 10.6 Å². The second kappa shape index (κ2) is 8.82. The summed E-state index contributed by atoms with van der Waals surface area (Å²) < 4.78 is 1.05. The lowest BCUT2D eigenvalue weighted by atomic mass is 10.3. The highest BCUT2D eigenvalue weighted by atomic mass is 32.2. The Morgan fingerprint density at radius 3 is 2.73 bits per heavy atom. The van der Waals surface area contributed by atoms with Crippen LogP contribution in [0.5, 0.6) is 0 Å². The quantitative estimate of drug-likeness (QED) is 0.575. The number of nitrogens with one attached hydrogen (secondary N) is 2. The van der Waals surface area contributed by atoms with Gasteiger partial charge in [0.05, 0.1) is 16.0 Å². The van der Waals surface area contributed by atoms with E-state index < -0.39 is 0 Å². The van der Waals surface area contributed by atoms with E-state index in [1.807, 2.05) is 55.5 Å². The Morgan fingerprint density at radius 2 is 1.92 bits per heavy atom. The number of fused-ring (bicyclic) bond motifs is 1. The van der Waals surface area contributed by atoms with Crippen molar-refractivity contribution in [3.63, 3.8) is 0 Å². The van der Waals surface area contributed by atoms with E-state index in [0.29, 0.717) is 11.6 Å². The lowest BCUT2D eigenvalue weighted by Crippen LogP contribution is -2.13. The summed E-state index contributed by atoms with van der Waals surface area (Å²) in [6.07, 6.45) is 1.31. The molecule has 0 spiro atoms. The van der Waals surface area contributed by atoms with Gasteiger partial charge < -0.3 is 10.6 Å². The summed E-state index contributed by atoms with van der Waals surface area (Å²) in [5.41, 5.74) is 1.64. The van der Waals surface area contributed by atoms with Gasteiger partial charge in [0.2, 0.25) is 11.8 Å². The first kappa shape index (κ1) is 18.4. The molecule has 0 saturated carbocycles. The third-order valence-electron chi connectivity index (χ3n) is 3.51. The van der Waals surface area contributed by atoms with Crippen molar-refractivity contribution >= 4 is 55.9 Å². The van der Waals surface area contributed by atoms with Crippen LogP contribution in [0.4, 0.5) is 10.8 Å². The lowest BCUT2D eigenvalue weighted by Gasteiger charge is -2.07. The van der Waals surface area contributed by atoms with Crippen molar-refractivity contribution in [1.82, 2.24) is 4.98 Å². The van der Waals surface area contributed by atoms with E-state index >= 15 is 0 Å². The molecule has 2 amide bonds. The van der Waals surface area contributed by atoms with E-state index in [9.17, 15) is 9.59 Å². The van der Waals surface area contributed by atoms with Gasteiger partial charge in [-0.05, 0) is 36.8 Å². The predicted octanol–water partition coefficient (Wildman–Crippen LogP) is 4.77. The number of carbonyl (C=O) groups excluding carboxylic acids is 2. The van der Waals surface area contributed by atoms with Crippen LogP contribution in [-0.4, -0.2) is 22.6 Å². The molecule has 3 aromatic rings. The van der Waals surface area contributed by atoms with E-state index in [1.54, 1.807) is 0 Å². The number of thioether (sulfide) groups is 1. The number of nitrogens with zero attached hydrogens (tertiary/aromatic N) is 1. The standard InChI is InChI=1S/C19H19N3O2S2/c1-2-6-17(23)20-13-7-5-8-14(11-13)25-12-18(24)22-19-21-15-9-3-4-10-16(15)26-19/h3-5,7-11H,2,6,12H2,1H3,(H,20,23)(H,21,22,24). The van der Waals surface area contributed by atoms with Gasteiger partial charge in [0.25, 0.3) is 0 Å². The molecule has 0 saturated heterocycles. The Balaban J connectivity index is 1.54. The van der Waals surface area contributed by atoms with Crippen LogP contribution in [0.1, 0.15) is 19.8 Å². The van der Waals surface area contributed by atoms with Gasteiger partial charge in [0.15, 0.2) is 5.13 Å². The minimum Gasteiger partial charge on any atom is -0.326 e. The highest BCUT2D eigenvalue weighted by Crippen LogP contribution is 2.26. The maximum Gasteiger partial charge on any atom is 0.236 e. The minimum atomic E-state index is -0.102. The summed E-state index contributed by atoms with van der Waals surface area (Å²) in [5.74, 6) is 0.181. The van der Waals surface area contributed by atoms with Gasteiger partial charge in [0.1, 0.15) is 0 Å². The third-order valence-corrected chi connectivity index (χ3v) is 5.45. The number of hydrogen-bond acceptors (Lipinski definition) is 5. The predicted molar refractivity (Wildman–Crippen MR) is 109 cm³/mol. The van der Waals surface area contributed by atoms with E-state index in [-0.39, 0.29) is 17.6 Å². The molecular weight excluding hydrogens is 366 g/mol. The zero-order chi connectivity index (χ0) is 18.4. The molecule has 26 heavy (non-hydrogen) atoms. The van der Waals surface area contributed by atoms with Crippen LogP contribution in [-0.2, 0) is 9.59 Å². The topological polar surface area (TPSA) is 71.1 Å². The summed E-state index contributed by atoms with van der Waals surface area (Å²) in [6.45, 7) is 1.97. The average Bonchev–Trinajstić information content (AvgIpc) is 3.02. The van der Waals surface area contributed by atoms with Crippen LogP contribution in [0, 0.1) is 0 Å². The molecule has 3 rings (SSSR count). The average molecular weight is 386 g/mol. The van der Waals surface area contributed by atoms with Gasteiger partial charge in [-0.2, -0.15) is 0 Å². The summed E-state index contributed by atoms with van der Waals surface area (Å²) in [7, 11) is 0. The molecule has 0 aliphatic carbocycles. The van der Waals surface area contributed by atoms with Crippen LogP contribution in [0.2, 0.25) is 0 Å². The Hall–Kier alpha value is -2.38. The highest BCUT2D eigenvalue weighted by Gasteiger charge is 2.09. The molecule has 0 radical (unpaired) electrons. The van der Waals surface area contributed by atoms with Crippen molar-refractivity contribution in [2.75, 3.05) is 16.4 Å². The zero-order valence-corrected chi connectivity index (χ0v) is 16.0. The zero-order valence-electron chi connectivity index (χ0n) is 14.3. The number of amides is 2. The maximum atomic E-state index is 12.2. The molecule has 134 valence electrons. The van der Waals surface area contributed by atoms with Crippen LogP contribution >= 0.6 is 23.1 Å². The molecule has 0 aliphatic heterocycles. The van der Waals surface area contributed by atoms with Gasteiger partial charge in [-0.15, -0.1) is 11.8 Å². The first-order valence-corrected chi connectivity index (χ1v) is 10.1. The first-order valence-electron chi connectivity index (χ1n) is 8.32. The van der Waals surface area contributed by atoms with Crippen molar-refractivity contribution in [2.24, 2.45) is 0 Å². The molecule has 0 aliphatic rings. The Morgan fingerprint density at radius 1 is 1.08 bits per heavy atom. The van der Waals surface area contributed by atoms with Gasteiger partial charge in [-0.1, -0.05) is 36.5 Å². The molecule has 7 heteroatoms. The van der Waals surface area contributed by atoms with Crippen molar-refractivity contribution in [3.05, 3.63) is 48.5 Å². The number of aromatic nitrogens is 1. The number of rotatable bonds is 7. The first-order chi connectivity index (χ1) is 12.6. The molecule has 5 nitrogen and oxygen atoms in total. The molecular formula is C19H19N3O2S2. The summed E-state index contributed by atoms with van der Waals surface area (Å²) in [5, 5.41) is 6.32. The van der Waals surface area contributed by atoms with Crippen molar-refractivity contribution in [2.45, 2.75) is 24.7 Å². The summed E-state index contributed by atoms with van der Waals surface area (Å²) in [6, 6.07) is 15.3. The summed E-state index contributed by atoms with van der Waals surface area (Å²) in [4.78, 5) is 29.2. The third kappa shape index (κ3) is 5.06. The van der Waals surface area contributed by atoms with Crippen molar-refractivity contribution < 1.29 is 9.59 Å². The van der Waals surface area contributed by atoms with Gasteiger partial charge in [-0.3, -0.25) is 9.59 Å². The highest BCUT2D eigenvalue weighted by molar-refractivity contribution is 8.00. The summed E-state index contributed by atoms with van der Waals surface area (Å²) >= 11 is 2.88. The number of anilines is 2. The molecule has 0 fully saturated rings. The number of carbonyl (C=O) groups is 2. The monoisotopic (exact) mass is 385 g/mol. The molecule has 0 unspecified atom stereocenters. The van der Waals surface area contributed by atoms with E-state index in [0.717, 1.165) is 27.2 Å².